The lowest BCUT2D eigenvalue weighted by Gasteiger charge is -2.35. The van der Waals surface area contributed by atoms with Gasteiger partial charge in [0.15, 0.2) is 5.69 Å². The van der Waals surface area contributed by atoms with Crippen LogP contribution in [0, 0.1) is 0 Å². The number of amides is 1. The molecule has 1 amide bonds. The van der Waals surface area contributed by atoms with Crippen LogP contribution in [-0.2, 0) is 11.3 Å². The number of nitrogens with zero attached hydrogens (tertiary/aromatic N) is 5. The smallest absolute Gasteiger partial charge is 0.398 e. The Kier molecular flexibility index (Phi) is 6.47. The zero-order chi connectivity index (χ0) is 23.8. The fourth-order valence-electron chi connectivity index (χ4n) is 3.72. The number of alkyl halides is 3. The average molecular weight is 453 g/mol. The minimum absolute atomic E-state index is 0.0107. The van der Waals surface area contributed by atoms with E-state index in [-0.39, 0.29) is 54.4 Å². The Hall–Kier alpha value is -3.11. The second kappa shape index (κ2) is 8.79. The lowest BCUT2D eigenvalue weighted by atomic mass is 9.93. The van der Waals surface area contributed by atoms with E-state index in [2.05, 4.69) is 10.1 Å². The second-order valence-corrected chi connectivity index (χ2v) is 8.05. The summed E-state index contributed by atoms with van der Waals surface area (Å²) in [6, 6.07) is 2.65. The molecule has 11 heteroatoms. The van der Waals surface area contributed by atoms with Crippen LogP contribution in [0.15, 0.2) is 18.3 Å². The molecule has 32 heavy (non-hydrogen) atoms. The van der Waals surface area contributed by atoms with Crippen LogP contribution in [0.3, 0.4) is 0 Å². The fourth-order valence-corrected chi connectivity index (χ4v) is 3.72. The molecule has 3 heterocycles. The van der Waals surface area contributed by atoms with Gasteiger partial charge in [0.25, 0.3) is 5.91 Å². The highest BCUT2D eigenvalue weighted by molar-refractivity contribution is 5.93. The molecule has 0 N–H and O–H groups in total. The minimum Gasteiger partial charge on any atom is -0.461 e. The number of hydrogen-bond acceptors (Lipinski definition) is 6. The average Bonchev–Trinajstić information content (AvgIpc) is 3.12. The van der Waals surface area contributed by atoms with E-state index in [1.807, 2.05) is 0 Å². The van der Waals surface area contributed by atoms with E-state index >= 15 is 0 Å². The molecule has 2 aromatic heterocycles. The molecule has 2 aromatic rings. The third-order valence-electron chi connectivity index (χ3n) is 5.21. The topological polar surface area (TPSA) is 80.6 Å². The van der Waals surface area contributed by atoms with Crippen molar-refractivity contribution in [3.63, 3.8) is 0 Å². The Morgan fingerprint density at radius 3 is 2.47 bits per heavy atom. The van der Waals surface area contributed by atoms with Gasteiger partial charge in [-0.25, -0.2) is 9.78 Å². The van der Waals surface area contributed by atoms with E-state index in [9.17, 15) is 22.8 Å². The first-order chi connectivity index (χ1) is 15.0. The summed E-state index contributed by atoms with van der Waals surface area (Å²) in [5, 5.41) is 4.20. The highest BCUT2D eigenvalue weighted by atomic mass is 19.4. The monoisotopic (exact) mass is 453 g/mol. The number of fused-ring (bicyclic) bond motifs is 1. The molecule has 0 fully saturated rings. The van der Waals surface area contributed by atoms with Crippen LogP contribution in [0.1, 0.15) is 64.8 Å². The van der Waals surface area contributed by atoms with Gasteiger partial charge in [0.2, 0.25) is 0 Å². The van der Waals surface area contributed by atoms with Gasteiger partial charge in [-0.05, 0) is 32.9 Å². The molecule has 0 bridgehead atoms. The maximum Gasteiger partial charge on any atom is 0.398 e. The van der Waals surface area contributed by atoms with Crippen molar-refractivity contribution in [3.8, 4) is 0 Å². The van der Waals surface area contributed by atoms with Crippen LogP contribution in [0.25, 0.3) is 0 Å². The van der Waals surface area contributed by atoms with E-state index in [0.29, 0.717) is 5.56 Å². The first-order valence-electron chi connectivity index (χ1n) is 10.2. The Balaban J connectivity index is 2.08. The molecule has 0 unspecified atom stereocenters. The minimum atomic E-state index is -4.56. The zero-order valence-electron chi connectivity index (χ0n) is 18.6. The molecule has 0 radical (unpaired) electrons. The van der Waals surface area contributed by atoms with Crippen LogP contribution < -0.4 is 4.90 Å². The van der Waals surface area contributed by atoms with E-state index in [1.54, 1.807) is 34.9 Å². The fraction of sp³-hybridized carbons (Fsp3) is 0.524. The molecule has 0 saturated heterocycles. The highest BCUT2D eigenvalue weighted by Gasteiger charge is 2.49. The summed E-state index contributed by atoms with van der Waals surface area (Å²) in [5.41, 5.74) is 0.366. The van der Waals surface area contributed by atoms with Crippen LogP contribution in [0.5, 0.6) is 0 Å². The van der Waals surface area contributed by atoms with E-state index in [0.717, 1.165) is 0 Å². The molecule has 8 nitrogen and oxygen atoms in total. The van der Waals surface area contributed by atoms with Gasteiger partial charge in [0.1, 0.15) is 11.7 Å². The van der Waals surface area contributed by atoms with E-state index < -0.39 is 18.1 Å². The summed E-state index contributed by atoms with van der Waals surface area (Å²) in [5.74, 6) is -2.62. The number of rotatable bonds is 5. The molecule has 0 saturated carbocycles. The van der Waals surface area contributed by atoms with E-state index in [4.69, 9.17) is 4.74 Å². The number of carbonyl (C=O) groups is 2. The van der Waals surface area contributed by atoms with Crippen molar-refractivity contribution in [3.05, 3.63) is 40.8 Å². The normalized spacial score (nSPS) is 16.2. The summed E-state index contributed by atoms with van der Waals surface area (Å²) in [4.78, 5) is 31.6. The first kappa shape index (κ1) is 23.6. The van der Waals surface area contributed by atoms with Gasteiger partial charge in [-0.1, -0.05) is 0 Å². The van der Waals surface area contributed by atoms with Crippen molar-refractivity contribution in [2.75, 3.05) is 32.1 Å². The first-order valence-corrected chi connectivity index (χ1v) is 10.2. The number of carbonyl (C=O) groups excluding carboxylic acids is 2. The maximum atomic E-state index is 14.1. The zero-order valence-corrected chi connectivity index (χ0v) is 18.6. The Labute approximate surface area is 184 Å². The van der Waals surface area contributed by atoms with Crippen molar-refractivity contribution in [2.24, 2.45) is 0 Å². The Bertz CT molecular complexity index is 999. The number of anilines is 1. The molecule has 0 spiro atoms. The lowest BCUT2D eigenvalue weighted by molar-refractivity contribution is -0.151. The molecular weight excluding hydrogens is 427 g/mol. The molecule has 0 aliphatic carbocycles. The third-order valence-corrected chi connectivity index (χ3v) is 5.21. The number of ether oxygens (including phenoxy) is 1. The van der Waals surface area contributed by atoms with Gasteiger partial charge in [-0.2, -0.15) is 18.3 Å². The third kappa shape index (κ3) is 4.42. The van der Waals surface area contributed by atoms with Gasteiger partial charge in [-0.15, -0.1) is 0 Å². The number of halogens is 3. The van der Waals surface area contributed by atoms with Crippen LogP contribution in [0.2, 0.25) is 0 Å². The van der Waals surface area contributed by atoms with Crippen LogP contribution >= 0.6 is 0 Å². The molecule has 1 atom stereocenters. The molecule has 3 rings (SSSR count). The van der Waals surface area contributed by atoms with Crippen LogP contribution in [0.4, 0.5) is 19.0 Å². The number of hydrogen-bond donors (Lipinski definition) is 0. The van der Waals surface area contributed by atoms with Gasteiger partial charge < -0.3 is 14.5 Å². The summed E-state index contributed by atoms with van der Waals surface area (Å²) in [6.45, 7) is 4.75. The van der Waals surface area contributed by atoms with E-state index in [1.165, 1.54) is 32.8 Å². The second-order valence-electron chi connectivity index (χ2n) is 8.05. The predicted octanol–water partition coefficient (Wildman–Crippen LogP) is 3.40. The molecule has 0 aromatic carbocycles. The Morgan fingerprint density at radius 1 is 1.28 bits per heavy atom. The quantitative estimate of drug-likeness (QED) is 0.646. The molecular formula is C21H26F3N5O3. The van der Waals surface area contributed by atoms with Crippen LogP contribution in [-0.4, -0.2) is 65.0 Å². The summed E-state index contributed by atoms with van der Waals surface area (Å²) < 4.78 is 48.7. The largest absolute Gasteiger partial charge is 0.461 e. The molecule has 174 valence electrons. The molecule has 1 aliphatic heterocycles. The van der Waals surface area contributed by atoms with Crippen molar-refractivity contribution in [2.45, 2.75) is 45.5 Å². The van der Waals surface area contributed by atoms with Gasteiger partial charge in [0, 0.05) is 45.0 Å². The lowest BCUT2D eigenvalue weighted by Crippen LogP contribution is -2.41. The van der Waals surface area contributed by atoms with Gasteiger partial charge >= 0.3 is 12.1 Å². The number of pyridine rings is 1. The van der Waals surface area contributed by atoms with Gasteiger partial charge in [-0.3, -0.25) is 9.48 Å². The molecule has 1 aliphatic rings. The summed E-state index contributed by atoms with van der Waals surface area (Å²) in [7, 11) is 3.19. The van der Waals surface area contributed by atoms with Crippen molar-refractivity contribution in [1.82, 2.24) is 19.7 Å². The highest BCUT2D eigenvalue weighted by Crippen LogP contribution is 2.43. The van der Waals surface area contributed by atoms with Crippen molar-refractivity contribution in [1.29, 1.82) is 0 Å². The summed E-state index contributed by atoms with van der Waals surface area (Å²) >= 11 is 0. The standard InChI is InChI=1S/C21H26F3N5O3/c1-6-32-20(31)17-14-10-28(16-8-7-13(9-25-16)19(30)27(4)5)11-15(21(22,23)24)18(14)29(26-17)12(2)3/h7-9,12,15H,6,10-11H2,1-5H3/t15-/m1/s1. The predicted molar refractivity (Wildman–Crippen MR) is 111 cm³/mol. The summed E-state index contributed by atoms with van der Waals surface area (Å²) in [6.07, 6.45) is -3.23. The van der Waals surface area contributed by atoms with Gasteiger partial charge in [0.05, 0.1) is 17.9 Å². The number of aromatic nitrogens is 3. The SMILES string of the molecule is CCOC(=O)c1nn(C(C)C)c2c1CN(c1ccc(C(=O)N(C)C)cn1)C[C@H]2C(F)(F)F. The van der Waals surface area contributed by atoms with Crippen molar-refractivity contribution < 1.29 is 27.5 Å². The maximum absolute atomic E-state index is 14.1. The Morgan fingerprint density at radius 2 is 1.97 bits per heavy atom. The van der Waals surface area contributed by atoms with Crippen molar-refractivity contribution >= 4 is 17.7 Å². The number of esters is 1.